The molecule has 1 atom stereocenters. The molecule has 0 aromatic heterocycles. The molecule has 0 amide bonds. The largest absolute Gasteiger partial charge is 0.382 e. The van der Waals surface area contributed by atoms with Crippen molar-refractivity contribution in [2.24, 2.45) is 0 Å². The van der Waals surface area contributed by atoms with Gasteiger partial charge in [-0.15, -0.1) is 0 Å². The standard InChI is InChI=1S/C14H22O2/c1-5-14(3,16-10-9-15-4)13-8-6-7-12(2)11-13/h6-8,11H,5,9-10H2,1-4H3. The summed E-state index contributed by atoms with van der Waals surface area (Å²) in [6.07, 6.45) is 0.958. The predicted octanol–water partition coefficient (Wildman–Crippen LogP) is 3.28. The van der Waals surface area contributed by atoms with Crippen molar-refractivity contribution < 1.29 is 9.47 Å². The number of hydrogen-bond acceptors (Lipinski definition) is 2. The highest BCUT2D eigenvalue weighted by molar-refractivity contribution is 5.27. The molecule has 2 nitrogen and oxygen atoms in total. The monoisotopic (exact) mass is 222 g/mol. The fourth-order valence-electron chi connectivity index (χ4n) is 1.71. The number of benzene rings is 1. The molecular weight excluding hydrogens is 200 g/mol. The lowest BCUT2D eigenvalue weighted by Crippen LogP contribution is -2.26. The topological polar surface area (TPSA) is 18.5 Å². The van der Waals surface area contributed by atoms with Gasteiger partial charge in [-0.2, -0.15) is 0 Å². The maximum atomic E-state index is 5.94. The molecule has 0 heterocycles. The molecular formula is C14H22O2. The Morgan fingerprint density at radius 3 is 2.56 bits per heavy atom. The van der Waals surface area contributed by atoms with E-state index >= 15 is 0 Å². The van der Waals surface area contributed by atoms with E-state index in [4.69, 9.17) is 9.47 Å². The quantitative estimate of drug-likeness (QED) is 0.688. The molecule has 0 aliphatic rings. The highest BCUT2D eigenvalue weighted by Crippen LogP contribution is 2.29. The SMILES string of the molecule is CCC(C)(OCCOC)c1cccc(C)c1. The van der Waals surface area contributed by atoms with Gasteiger partial charge in [-0.25, -0.2) is 0 Å². The van der Waals surface area contributed by atoms with Crippen molar-refractivity contribution in [1.82, 2.24) is 0 Å². The zero-order chi connectivity index (χ0) is 12.0. The number of hydrogen-bond donors (Lipinski definition) is 0. The van der Waals surface area contributed by atoms with Gasteiger partial charge in [-0.05, 0) is 25.8 Å². The van der Waals surface area contributed by atoms with Crippen molar-refractivity contribution in [3.8, 4) is 0 Å². The smallest absolute Gasteiger partial charge is 0.0901 e. The van der Waals surface area contributed by atoms with Crippen LogP contribution >= 0.6 is 0 Å². The molecule has 0 spiro atoms. The van der Waals surface area contributed by atoms with Crippen LogP contribution in [0.15, 0.2) is 24.3 Å². The lowest BCUT2D eigenvalue weighted by Gasteiger charge is -2.29. The molecule has 0 saturated carbocycles. The van der Waals surface area contributed by atoms with Crippen LogP contribution in [0.1, 0.15) is 31.4 Å². The summed E-state index contributed by atoms with van der Waals surface area (Å²) in [6, 6.07) is 8.51. The van der Waals surface area contributed by atoms with Gasteiger partial charge in [0.2, 0.25) is 0 Å². The third kappa shape index (κ3) is 3.32. The van der Waals surface area contributed by atoms with Crippen LogP contribution in [0, 0.1) is 6.92 Å². The molecule has 0 bridgehead atoms. The van der Waals surface area contributed by atoms with Crippen LogP contribution in [0.2, 0.25) is 0 Å². The minimum atomic E-state index is -0.204. The minimum absolute atomic E-state index is 0.204. The molecule has 90 valence electrons. The first-order chi connectivity index (χ1) is 7.62. The van der Waals surface area contributed by atoms with Crippen molar-refractivity contribution in [2.45, 2.75) is 32.8 Å². The van der Waals surface area contributed by atoms with Crippen LogP contribution in [-0.4, -0.2) is 20.3 Å². The lowest BCUT2D eigenvalue weighted by molar-refractivity contribution is -0.0580. The second-order valence-electron chi connectivity index (χ2n) is 4.30. The van der Waals surface area contributed by atoms with Crippen molar-refractivity contribution in [2.75, 3.05) is 20.3 Å². The van der Waals surface area contributed by atoms with E-state index in [1.807, 2.05) is 0 Å². The Morgan fingerprint density at radius 2 is 2.00 bits per heavy atom. The molecule has 1 aromatic rings. The van der Waals surface area contributed by atoms with Crippen LogP contribution in [0.5, 0.6) is 0 Å². The molecule has 0 fully saturated rings. The minimum Gasteiger partial charge on any atom is -0.382 e. The second kappa shape index (κ2) is 6.02. The molecule has 2 heteroatoms. The lowest BCUT2D eigenvalue weighted by atomic mass is 9.92. The normalized spacial score (nSPS) is 14.8. The average Bonchev–Trinajstić information content (AvgIpc) is 2.29. The Hall–Kier alpha value is -0.860. The van der Waals surface area contributed by atoms with E-state index in [-0.39, 0.29) is 5.60 Å². The molecule has 1 unspecified atom stereocenters. The molecule has 1 aromatic carbocycles. The first-order valence-electron chi connectivity index (χ1n) is 5.82. The van der Waals surface area contributed by atoms with Gasteiger partial charge >= 0.3 is 0 Å². The molecule has 1 rings (SSSR count). The van der Waals surface area contributed by atoms with Crippen LogP contribution in [0.4, 0.5) is 0 Å². The van der Waals surface area contributed by atoms with Crippen molar-refractivity contribution in [3.63, 3.8) is 0 Å². The van der Waals surface area contributed by atoms with E-state index in [0.29, 0.717) is 13.2 Å². The predicted molar refractivity (Wildman–Crippen MR) is 66.7 cm³/mol. The van der Waals surface area contributed by atoms with Crippen LogP contribution in [0.3, 0.4) is 0 Å². The Kier molecular flexibility index (Phi) is 4.97. The van der Waals surface area contributed by atoms with E-state index < -0.39 is 0 Å². The third-order valence-electron chi connectivity index (χ3n) is 3.01. The Balaban J connectivity index is 2.78. The van der Waals surface area contributed by atoms with E-state index in [1.54, 1.807) is 7.11 Å². The molecule has 0 aliphatic carbocycles. The Labute approximate surface area is 98.6 Å². The summed E-state index contributed by atoms with van der Waals surface area (Å²) in [6.45, 7) is 7.66. The van der Waals surface area contributed by atoms with Gasteiger partial charge in [0, 0.05) is 7.11 Å². The van der Waals surface area contributed by atoms with Gasteiger partial charge in [-0.1, -0.05) is 36.8 Å². The van der Waals surface area contributed by atoms with Crippen molar-refractivity contribution in [1.29, 1.82) is 0 Å². The maximum absolute atomic E-state index is 5.94. The summed E-state index contributed by atoms with van der Waals surface area (Å²) in [7, 11) is 1.69. The summed E-state index contributed by atoms with van der Waals surface area (Å²) in [4.78, 5) is 0. The summed E-state index contributed by atoms with van der Waals surface area (Å²) >= 11 is 0. The van der Waals surface area contributed by atoms with Crippen LogP contribution in [-0.2, 0) is 15.1 Å². The summed E-state index contributed by atoms with van der Waals surface area (Å²) in [5.41, 5.74) is 2.31. The first kappa shape index (κ1) is 13.2. The molecule has 0 N–H and O–H groups in total. The summed E-state index contributed by atoms with van der Waals surface area (Å²) < 4.78 is 11.0. The number of ether oxygens (including phenoxy) is 2. The van der Waals surface area contributed by atoms with Crippen LogP contribution in [0.25, 0.3) is 0 Å². The fourth-order valence-corrected chi connectivity index (χ4v) is 1.71. The highest BCUT2D eigenvalue weighted by atomic mass is 16.5. The zero-order valence-corrected chi connectivity index (χ0v) is 10.7. The van der Waals surface area contributed by atoms with E-state index in [1.165, 1.54) is 11.1 Å². The van der Waals surface area contributed by atoms with Crippen molar-refractivity contribution >= 4 is 0 Å². The van der Waals surface area contributed by atoms with Gasteiger partial charge < -0.3 is 9.47 Å². The average molecular weight is 222 g/mol. The first-order valence-corrected chi connectivity index (χ1v) is 5.82. The highest BCUT2D eigenvalue weighted by Gasteiger charge is 2.25. The zero-order valence-electron chi connectivity index (χ0n) is 10.7. The maximum Gasteiger partial charge on any atom is 0.0901 e. The Bertz CT molecular complexity index is 322. The van der Waals surface area contributed by atoms with E-state index in [9.17, 15) is 0 Å². The van der Waals surface area contributed by atoms with Gasteiger partial charge in [0.25, 0.3) is 0 Å². The molecule has 0 saturated heterocycles. The van der Waals surface area contributed by atoms with Crippen molar-refractivity contribution in [3.05, 3.63) is 35.4 Å². The summed E-state index contributed by atoms with van der Waals surface area (Å²) in [5.74, 6) is 0. The van der Waals surface area contributed by atoms with Gasteiger partial charge in [0.05, 0.1) is 18.8 Å². The second-order valence-corrected chi connectivity index (χ2v) is 4.30. The number of methoxy groups -OCH3 is 1. The van der Waals surface area contributed by atoms with E-state index in [0.717, 1.165) is 6.42 Å². The molecule has 16 heavy (non-hydrogen) atoms. The molecule has 0 radical (unpaired) electrons. The van der Waals surface area contributed by atoms with Gasteiger partial charge in [-0.3, -0.25) is 0 Å². The number of aryl methyl sites for hydroxylation is 1. The van der Waals surface area contributed by atoms with Crippen LogP contribution < -0.4 is 0 Å². The van der Waals surface area contributed by atoms with Gasteiger partial charge in [0.15, 0.2) is 0 Å². The number of rotatable bonds is 6. The van der Waals surface area contributed by atoms with E-state index in [2.05, 4.69) is 45.0 Å². The molecule has 0 aliphatic heterocycles. The summed E-state index contributed by atoms with van der Waals surface area (Å²) in [5, 5.41) is 0. The Morgan fingerprint density at radius 1 is 1.25 bits per heavy atom. The third-order valence-corrected chi connectivity index (χ3v) is 3.01. The van der Waals surface area contributed by atoms with Gasteiger partial charge in [0.1, 0.15) is 0 Å². The fraction of sp³-hybridized carbons (Fsp3) is 0.571.